The average Bonchev–Trinajstić information content (AvgIpc) is 1.91. The maximum Gasteiger partial charge on any atom is 0.115 e. The minimum absolute atomic E-state index is 0.0727. The number of hydrogen-bond acceptors (Lipinski definition) is 1. The molecule has 12 heavy (non-hydrogen) atoms. The quantitative estimate of drug-likeness (QED) is 0.581. The first-order valence-corrected chi connectivity index (χ1v) is 4.55. The third-order valence-corrected chi connectivity index (χ3v) is 1.70. The molecule has 1 rings (SSSR count). The van der Waals surface area contributed by atoms with E-state index in [1.165, 1.54) is 0 Å². The molecule has 0 saturated heterocycles. The smallest absolute Gasteiger partial charge is 0.115 e. The summed E-state index contributed by atoms with van der Waals surface area (Å²) in [5.74, 6) is 1.68. The van der Waals surface area contributed by atoms with Crippen LogP contribution in [0.15, 0.2) is 24.0 Å². The Bertz CT molecular complexity index is 206. The number of ether oxygens (including phenoxy) is 1. The molecule has 0 fully saturated rings. The Morgan fingerprint density at radius 3 is 2.50 bits per heavy atom. The highest BCUT2D eigenvalue weighted by atomic mass is 16.5. The van der Waals surface area contributed by atoms with Gasteiger partial charge in [0, 0.05) is 0 Å². The van der Waals surface area contributed by atoms with Crippen molar-refractivity contribution in [2.24, 2.45) is 5.92 Å². The van der Waals surface area contributed by atoms with Crippen molar-refractivity contribution in [3.8, 4) is 0 Å². The van der Waals surface area contributed by atoms with Gasteiger partial charge in [-0.2, -0.15) is 0 Å². The molecule has 1 atom stereocenters. The van der Waals surface area contributed by atoms with E-state index in [-0.39, 0.29) is 5.60 Å². The second-order valence-corrected chi connectivity index (χ2v) is 4.39. The monoisotopic (exact) mass is 166 g/mol. The molecule has 1 heteroatoms. The first-order chi connectivity index (χ1) is 5.47. The summed E-state index contributed by atoms with van der Waals surface area (Å²) in [4.78, 5) is 0. The Balaban J connectivity index is 2.51. The van der Waals surface area contributed by atoms with Crippen molar-refractivity contribution < 1.29 is 4.74 Å². The Hall–Kier alpha value is -0.720. The predicted molar refractivity (Wildman–Crippen MR) is 51.8 cm³/mol. The van der Waals surface area contributed by atoms with E-state index < -0.39 is 0 Å². The zero-order valence-electron chi connectivity index (χ0n) is 8.42. The van der Waals surface area contributed by atoms with Crippen LogP contribution in [0.25, 0.3) is 0 Å². The summed E-state index contributed by atoms with van der Waals surface area (Å²) in [7, 11) is 0. The zero-order chi connectivity index (χ0) is 9.19. The fraction of sp³-hybridized carbons (Fsp3) is 0.636. The van der Waals surface area contributed by atoms with E-state index in [2.05, 4.69) is 45.9 Å². The van der Waals surface area contributed by atoms with Crippen LogP contribution < -0.4 is 0 Å². The van der Waals surface area contributed by atoms with Crippen molar-refractivity contribution >= 4 is 0 Å². The van der Waals surface area contributed by atoms with Crippen LogP contribution in [-0.4, -0.2) is 5.60 Å². The summed E-state index contributed by atoms with van der Waals surface area (Å²) in [6.07, 6.45) is 7.53. The minimum atomic E-state index is -0.0727. The normalized spacial score (nSPS) is 23.7. The molecule has 0 heterocycles. The van der Waals surface area contributed by atoms with Gasteiger partial charge in [0.05, 0.1) is 0 Å². The van der Waals surface area contributed by atoms with Gasteiger partial charge in [-0.25, -0.2) is 0 Å². The molecule has 1 unspecified atom stereocenters. The molecule has 0 spiro atoms. The standard InChI is InChI=1S/C11H18O/c1-9-5-7-10(8-6-9)12-11(2,3)4/h5,7-9H,6H2,1-4H3. The summed E-state index contributed by atoms with van der Waals surface area (Å²) in [6.45, 7) is 8.42. The summed E-state index contributed by atoms with van der Waals surface area (Å²) < 4.78 is 5.70. The van der Waals surface area contributed by atoms with Gasteiger partial charge in [-0.15, -0.1) is 0 Å². The number of rotatable bonds is 1. The summed E-state index contributed by atoms with van der Waals surface area (Å²) in [5.41, 5.74) is -0.0727. The predicted octanol–water partition coefficient (Wildman–Crippen LogP) is 3.28. The lowest BCUT2D eigenvalue weighted by Gasteiger charge is -2.23. The molecule has 0 saturated carbocycles. The van der Waals surface area contributed by atoms with Crippen LogP contribution >= 0.6 is 0 Å². The molecule has 0 N–H and O–H groups in total. The summed E-state index contributed by atoms with van der Waals surface area (Å²) in [5, 5.41) is 0. The van der Waals surface area contributed by atoms with Gasteiger partial charge in [0.15, 0.2) is 0 Å². The molecule has 68 valence electrons. The maximum atomic E-state index is 5.70. The van der Waals surface area contributed by atoms with E-state index in [4.69, 9.17) is 4.74 Å². The first kappa shape index (κ1) is 9.37. The molecule has 1 aliphatic carbocycles. The molecule has 0 radical (unpaired) electrons. The first-order valence-electron chi connectivity index (χ1n) is 4.55. The fourth-order valence-corrected chi connectivity index (χ4v) is 1.14. The Labute approximate surface area is 75.1 Å². The average molecular weight is 166 g/mol. The van der Waals surface area contributed by atoms with Gasteiger partial charge in [-0.05, 0) is 45.3 Å². The SMILES string of the molecule is CC1C=CC(OC(C)(C)C)=CC1. The Kier molecular flexibility index (Phi) is 2.61. The second-order valence-electron chi connectivity index (χ2n) is 4.39. The zero-order valence-corrected chi connectivity index (χ0v) is 8.42. The summed E-state index contributed by atoms with van der Waals surface area (Å²) >= 11 is 0. The highest BCUT2D eigenvalue weighted by Gasteiger charge is 2.13. The molecule has 0 aromatic heterocycles. The van der Waals surface area contributed by atoms with Crippen LogP contribution in [0.4, 0.5) is 0 Å². The van der Waals surface area contributed by atoms with Crippen LogP contribution in [0.1, 0.15) is 34.1 Å². The van der Waals surface area contributed by atoms with Gasteiger partial charge in [-0.3, -0.25) is 0 Å². The largest absolute Gasteiger partial charge is 0.489 e. The highest BCUT2D eigenvalue weighted by Crippen LogP contribution is 2.21. The van der Waals surface area contributed by atoms with Crippen molar-refractivity contribution in [1.29, 1.82) is 0 Å². The van der Waals surface area contributed by atoms with E-state index >= 15 is 0 Å². The molecule has 0 amide bonds. The third kappa shape index (κ3) is 3.12. The fourth-order valence-electron chi connectivity index (χ4n) is 1.14. The molecule has 0 aromatic carbocycles. The van der Waals surface area contributed by atoms with Gasteiger partial charge >= 0.3 is 0 Å². The number of allylic oxidation sites excluding steroid dienone is 3. The number of hydrogen-bond donors (Lipinski definition) is 0. The third-order valence-electron chi connectivity index (χ3n) is 1.70. The van der Waals surface area contributed by atoms with Crippen molar-refractivity contribution in [3.63, 3.8) is 0 Å². The Morgan fingerprint density at radius 1 is 1.42 bits per heavy atom. The molecule has 1 nitrogen and oxygen atoms in total. The molecular formula is C11H18O. The minimum Gasteiger partial charge on any atom is -0.489 e. The lowest BCUT2D eigenvalue weighted by Crippen LogP contribution is -2.18. The van der Waals surface area contributed by atoms with E-state index in [0.717, 1.165) is 12.2 Å². The molecule has 0 aliphatic heterocycles. The lowest BCUT2D eigenvalue weighted by molar-refractivity contribution is 0.0585. The highest BCUT2D eigenvalue weighted by molar-refractivity contribution is 5.18. The van der Waals surface area contributed by atoms with E-state index in [0.29, 0.717) is 5.92 Å². The van der Waals surface area contributed by atoms with Gasteiger partial charge in [-0.1, -0.05) is 13.0 Å². The van der Waals surface area contributed by atoms with Gasteiger partial charge in [0.2, 0.25) is 0 Å². The topological polar surface area (TPSA) is 9.23 Å². The van der Waals surface area contributed by atoms with Gasteiger partial charge < -0.3 is 4.74 Å². The molecular weight excluding hydrogens is 148 g/mol. The van der Waals surface area contributed by atoms with Crippen molar-refractivity contribution in [1.82, 2.24) is 0 Å². The van der Waals surface area contributed by atoms with Crippen LogP contribution in [0, 0.1) is 5.92 Å². The van der Waals surface area contributed by atoms with Crippen LogP contribution in [0.5, 0.6) is 0 Å². The van der Waals surface area contributed by atoms with E-state index in [9.17, 15) is 0 Å². The molecule has 1 aliphatic rings. The molecule has 0 aromatic rings. The van der Waals surface area contributed by atoms with Gasteiger partial charge in [0.1, 0.15) is 11.4 Å². The van der Waals surface area contributed by atoms with Gasteiger partial charge in [0.25, 0.3) is 0 Å². The maximum absolute atomic E-state index is 5.70. The lowest BCUT2D eigenvalue weighted by atomic mass is 10.0. The second kappa shape index (κ2) is 3.34. The van der Waals surface area contributed by atoms with E-state index in [1.807, 2.05) is 0 Å². The Morgan fingerprint density at radius 2 is 2.08 bits per heavy atom. The van der Waals surface area contributed by atoms with Crippen molar-refractivity contribution in [3.05, 3.63) is 24.0 Å². The van der Waals surface area contributed by atoms with Crippen LogP contribution in [0.2, 0.25) is 0 Å². The summed E-state index contributed by atoms with van der Waals surface area (Å²) in [6, 6.07) is 0. The van der Waals surface area contributed by atoms with Crippen LogP contribution in [-0.2, 0) is 4.74 Å². The van der Waals surface area contributed by atoms with Crippen LogP contribution in [0.3, 0.4) is 0 Å². The van der Waals surface area contributed by atoms with E-state index in [1.54, 1.807) is 0 Å². The van der Waals surface area contributed by atoms with Crippen molar-refractivity contribution in [2.45, 2.75) is 39.7 Å². The van der Waals surface area contributed by atoms with Crippen molar-refractivity contribution in [2.75, 3.05) is 0 Å². The molecule has 0 bridgehead atoms.